The van der Waals surface area contributed by atoms with Crippen LogP contribution in [0.3, 0.4) is 0 Å². The highest BCUT2D eigenvalue weighted by Gasteiger charge is 2.41. The van der Waals surface area contributed by atoms with Crippen molar-refractivity contribution >= 4 is 11.8 Å². The van der Waals surface area contributed by atoms with Crippen molar-refractivity contribution < 1.29 is 28.5 Å². The summed E-state index contributed by atoms with van der Waals surface area (Å²) in [5, 5.41) is 0. The summed E-state index contributed by atoms with van der Waals surface area (Å²) in [6.07, 6.45) is 3.72. The number of esters is 1. The highest BCUT2D eigenvalue weighted by molar-refractivity contribution is 5.96. The number of allylic oxidation sites excluding steroid dienone is 1. The van der Waals surface area contributed by atoms with Crippen LogP contribution >= 0.6 is 0 Å². The van der Waals surface area contributed by atoms with E-state index in [1.807, 2.05) is 6.92 Å². The zero-order valence-corrected chi connectivity index (χ0v) is 15.1. The van der Waals surface area contributed by atoms with Crippen LogP contribution in [0.5, 0.6) is 5.75 Å². The fourth-order valence-corrected chi connectivity index (χ4v) is 3.39. The van der Waals surface area contributed by atoms with Gasteiger partial charge >= 0.3 is 5.97 Å². The van der Waals surface area contributed by atoms with Gasteiger partial charge in [0.25, 0.3) is 0 Å². The van der Waals surface area contributed by atoms with E-state index in [-0.39, 0.29) is 35.6 Å². The van der Waals surface area contributed by atoms with Crippen LogP contribution in [0.15, 0.2) is 36.3 Å². The van der Waals surface area contributed by atoms with Gasteiger partial charge in [0.2, 0.25) is 11.5 Å². The van der Waals surface area contributed by atoms with Crippen molar-refractivity contribution in [1.82, 2.24) is 0 Å². The lowest BCUT2D eigenvalue weighted by atomic mass is 9.80. The molecule has 0 radical (unpaired) electrons. The van der Waals surface area contributed by atoms with E-state index in [0.29, 0.717) is 24.5 Å². The number of carbonyl (C=O) groups is 2. The van der Waals surface area contributed by atoms with Crippen LogP contribution < -0.4 is 4.74 Å². The number of hydrogen-bond donors (Lipinski definition) is 0. The van der Waals surface area contributed by atoms with Crippen molar-refractivity contribution in [3.05, 3.63) is 41.9 Å². The van der Waals surface area contributed by atoms with E-state index in [0.717, 1.165) is 19.3 Å². The van der Waals surface area contributed by atoms with Gasteiger partial charge in [-0.3, -0.25) is 4.79 Å². The minimum Gasteiger partial charge on any atom is -0.493 e. The van der Waals surface area contributed by atoms with E-state index in [2.05, 4.69) is 0 Å². The van der Waals surface area contributed by atoms with Gasteiger partial charge in [0.1, 0.15) is 18.1 Å². The van der Waals surface area contributed by atoms with Gasteiger partial charge in [0.15, 0.2) is 0 Å². The third-order valence-electron chi connectivity index (χ3n) is 4.67. The van der Waals surface area contributed by atoms with Crippen LogP contribution in [-0.2, 0) is 19.0 Å². The normalized spacial score (nSPS) is 24.9. The molecule has 0 amide bonds. The molecule has 26 heavy (non-hydrogen) atoms. The smallest absolute Gasteiger partial charge is 0.338 e. The van der Waals surface area contributed by atoms with Gasteiger partial charge in [-0.1, -0.05) is 0 Å². The Kier molecular flexibility index (Phi) is 5.93. The van der Waals surface area contributed by atoms with Crippen molar-refractivity contribution in [2.75, 3.05) is 13.2 Å². The molecule has 1 aromatic rings. The Morgan fingerprint density at radius 3 is 2.62 bits per heavy atom. The molecule has 1 aromatic carbocycles. The molecule has 3 atom stereocenters. The van der Waals surface area contributed by atoms with Crippen LogP contribution in [0.1, 0.15) is 43.5 Å². The molecule has 0 bridgehead atoms. The highest BCUT2D eigenvalue weighted by Crippen LogP contribution is 2.35. The quantitative estimate of drug-likeness (QED) is 0.725. The third-order valence-corrected chi connectivity index (χ3v) is 4.67. The predicted molar refractivity (Wildman–Crippen MR) is 93.7 cm³/mol. The average Bonchev–Trinajstić information content (AvgIpc) is 2.65. The van der Waals surface area contributed by atoms with E-state index < -0.39 is 0 Å². The van der Waals surface area contributed by atoms with Crippen molar-refractivity contribution in [2.45, 2.75) is 45.3 Å². The number of hydrogen-bond acceptors (Lipinski definition) is 6. The summed E-state index contributed by atoms with van der Waals surface area (Å²) >= 11 is 0. The molecule has 0 N–H and O–H groups in total. The summed E-state index contributed by atoms with van der Waals surface area (Å²) in [7, 11) is 0. The molecule has 3 unspecified atom stereocenters. The summed E-state index contributed by atoms with van der Waals surface area (Å²) in [4.78, 5) is 24.4. The van der Waals surface area contributed by atoms with Crippen LogP contribution in [0.2, 0.25) is 0 Å². The fraction of sp³-hybridized carbons (Fsp3) is 0.500. The summed E-state index contributed by atoms with van der Waals surface area (Å²) in [5.74, 6) is 0.0631. The predicted octanol–water partition coefficient (Wildman–Crippen LogP) is 3.26. The molecule has 140 valence electrons. The van der Waals surface area contributed by atoms with E-state index in [4.69, 9.17) is 18.9 Å². The van der Waals surface area contributed by atoms with E-state index in [1.165, 1.54) is 6.26 Å². The second kappa shape index (κ2) is 8.36. The first kappa shape index (κ1) is 18.5. The second-order valence-electron chi connectivity index (χ2n) is 6.36. The van der Waals surface area contributed by atoms with Crippen molar-refractivity contribution in [1.29, 1.82) is 0 Å². The maximum Gasteiger partial charge on any atom is 0.338 e. The topological polar surface area (TPSA) is 71.1 Å². The van der Waals surface area contributed by atoms with Gasteiger partial charge in [-0.15, -0.1) is 0 Å². The first-order valence-electron chi connectivity index (χ1n) is 9.08. The van der Waals surface area contributed by atoms with Crippen molar-refractivity contribution in [2.24, 2.45) is 5.92 Å². The molecule has 1 saturated carbocycles. The number of benzene rings is 1. The maximum absolute atomic E-state index is 12.7. The second-order valence-corrected chi connectivity index (χ2v) is 6.36. The molecule has 6 nitrogen and oxygen atoms in total. The molecular weight excluding hydrogens is 336 g/mol. The number of Topliss-reactive ketones (excluding diaryl/α,β-unsaturated/α-hetero) is 1. The molecule has 1 aliphatic carbocycles. The number of rotatable bonds is 6. The summed E-state index contributed by atoms with van der Waals surface area (Å²) < 4.78 is 22.0. The Balaban J connectivity index is 1.64. The Morgan fingerprint density at radius 2 is 1.92 bits per heavy atom. The fourth-order valence-electron chi connectivity index (χ4n) is 3.39. The van der Waals surface area contributed by atoms with E-state index in [9.17, 15) is 9.59 Å². The Labute approximate surface area is 153 Å². The molecular formula is C20H24O6. The first-order chi connectivity index (χ1) is 12.6. The Hall–Kier alpha value is -2.34. The maximum atomic E-state index is 12.7. The number of carbonyl (C=O) groups excluding carboxylic acids is 2. The minimum absolute atomic E-state index is 0.0364. The van der Waals surface area contributed by atoms with Gasteiger partial charge in [-0.05, 0) is 51.0 Å². The number of ether oxygens (including phenoxy) is 4. The van der Waals surface area contributed by atoms with Gasteiger partial charge < -0.3 is 18.9 Å². The van der Waals surface area contributed by atoms with E-state index in [1.54, 1.807) is 31.2 Å². The summed E-state index contributed by atoms with van der Waals surface area (Å²) in [5.41, 5.74) is 0.439. The zero-order valence-electron chi connectivity index (χ0n) is 15.1. The lowest BCUT2D eigenvalue weighted by Crippen LogP contribution is -2.42. The molecule has 3 rings (SSSR count). The van der Waals surface area contributed by atoms with Gasteiger partial charge in [0, 0.05) is 13.0 Å². The van der Waals surface area contributed by atoms with Crippen LogP contribution in [-0.4, -0.2) is 37.2 Å². The van der Waals surface area contributed by atoms with Crippen molar-refractivity contribution in [3.8, 4) is 5.75 Å². The largest absolute Gasteiger partial charge is 0.493 e. The van der Waals surface area contributed by atoms with Crippen molar-refractivity contribution in [3.63, 3.8) is 0 Å². The molecule has 6 heteroatoms. The number of ketones is 1. The lowest BCUT2D eigenvalue weighted by Gasteiger charge is -2.36. The van der Waals surface area contributed by atoms with Gasteiger partial charge in [-0.25, -0.2) is 4.79 Å². The zero-order chi connectivity index (χ0) is 18.5. The first-order valence-corrected chi connectivity index (χ1v) is 9.08. The molecule has 0 saturated heterocycles. The lowest BCUT2D eigenvalue weighted by molar-refractivity contribution is -0.133. The van der Waals surface area contributed by atoms with Gasteiger partial charge in [0.05, 0.1) is 24.2 Å². The Bertz CT molecular complexity index is 678. The average molecular weight is 360 g/mol. The molecule has 0 aromatic heterocycles. The standard InChI is InChI=1S/C20H24O6/c1-3-23-15-9-10-16-17(11-15)25-12-18(19(16)21)26-14-7-5-13(6-8-14)20(22)24-4-2/h5-8,12,15-17H,3-4,9-11H2,1-2H3. The monoisotopic (exact) mass is 360 g/mol. The van der Waals surface area contributed by atoms with E-state index >= 15 is 0 Å². The minimum atomic E-state index is -0.385. The number of fused-ring (bicyclic) bond motifs is 1. The van der Waals surface area contributed by atoms with Crippen LogP contribution in [0.25, 0.3) is 0 Å². The summed E-state index contributed by atoms with van der Waals surface area (Å²) in [6, 6.07) is 6.49. The molecule has 0 spiro atoms. The molecule has 1 heterocycles. The molecule has 1 fully saturated rings. The third kappa shape index (κ3) is 4.07. The van der Waals surface area contributed by atoms with Crippen LogP contribution in [0, 0.1) is 5.92 Å². The van der Waals surface area contributed by atoms with Crippen LogP contribution in [0.4, 0.5) is 0 Å². The Morgan fingerprint density at radius 1 is 1.15 bits per heavy atom. The van der Waals surface area contributed by atoms with Gasteiger partial charge in [-0.2, -0.15) is 0 Å². The highest BCUT2D eigenvalue weighted by atomic mass is 16.5. The molecule has 2 aliphatic rings. The summed E-state index contributed by atoms with van der Waals surface area (Å²) in [6.45, 7) is 4.72. The molecule has 1 aliphatic heterocycles. The SMILES string of the molecule is CCOC(=O)c1ccc(OC2=COC3CC(OCC)CCC3C2=O)cc1.